The first-order valence-corrected chi connectivity index (χ1v) is 6.86. The Morgan fingerprint density at radius 1 is 1.19 bits per heavy atom. The Bertz CT molecular complexity index is 408. The van der Waals surface area contributed by atoms with E-state index in [2.05, 4.69) is 27.5 Å². The fourth-order valence-corrected chi connectivity index (χ4v) is 1.55. The fourth-order valence-electron chi connectivity index (χ4n) is 1.55. The molecule has 8 heteroatoms. The van der Waals surface area contributed by atoms with Gasteiger partial charge in [0, 0.05) is 26.3 Å². The van der Waals surface area contributed by atoms with Crippen molar-refractivity contribution >= 4 is 11.6 Å². The molecule has 0 aliphatic heterocycles. The van der Waals surface area contributed by atoms with Crippen LogP contribution in [0.4, 0.5) is 20.4 Å². The Kier molecular flexibility index (Phi) is 8.53. The lowest BCUT2D eigenvalue weighted by atomic mass is 10.4. The number of aromatic nitrogens is 2. The molecule has 6 nitrogen and oxygen atoms in total. The second kappa shape index (κ2) is 10.2. The molecule has 0 aromatic carbocycles. The number of halogens is 2. The van der Waals surface area contributed by atoms with E-state index in [0.717, 1.165) is 13.0 Å². The number of methoxy groups -OCH3 is 1. The lowest BCUT2D eigenvalue weighted by molar-refractivity contribution is 0.0215. The van der Waals surface area contributed by atoms with E-state index in [-0.39, 0.29) is 6.61 Å². The number of nitrogens with zero attached hydrogens (tertiary/aromatic N) is 2. The molecular formula is C13H22F2N4O2. The average molecular weight is 304 g/mol. The van der Waals surface area contributed by atoms with Gasteiger partial charge < -0.3 is 20.1 Å². The topological polar surface area (TPSA) is 68.3 Å². The molecular weight excluding hydrogens is 282 g/mol. The first-order valence-electron chi connectivity index (χ1n) is 6.86. The molecule has 0 saturated carbocycles. The third-order valence-electron chi connectivity index (χ3n) is 2.40. The highest BCUT2D eigenvalue weighted by molar-refractivity contribution is 5.47. The second-order valence-electron chi connectivity index (χ2n) is 4.31. The molecule has 0 saturated heterocycles. The molecule has 1 aromatic rings. The monoisotopic (exact) mass is 304 g/mol. The molecule has 1 heterocycles. The summed E-state index contributed by atoms with van der Waals surface area (Å²) in [5, 5.41) is 6.19. The first-order chi connectivity index (χ1) is 10.2. The summed E-state index contributed by atoms with van der Waals surface area (Å²) in [6, 6.07) is 1.77. The number of anilines is 2. The van der Waals surface area contributed by atoms with Gasteiger partial charge in [-0.25, -0.2) is 18.7 Å². The molecule has 21 heavy (non-hydrogen) atoms. The largest absolute Gasteiger partial charge is 0.377 e. The first kappa shape index (κ1) is 17.5. The van der Waals surface area contributed by atoms with E-state index in [1.807, 2.05) is 0 Å². The minimum atomic E-state index is -2.44. The summed E-state index contributed by atoms with van der Waals surface area (Å²) < 4.78 is 33.6. The van der Waals surface area contributed by atoms with Gasteiger partial charge in [0.25, 0.3) is 6.43 Å². The Balaban J connectivity index is 2.52. The highest BCUT2D eigenvalue weighted by atomic mass is 19.3. The van der Waals surface area contributed by atoms with Gasteiger partial charge in [-0.15, -0.1) is 0 Å². The molecule has 2 N–H and O–H groups in total. The summed E-state index contributed by atoms with van der Waals surface area (Å²) in [5.74, 6) is 1.86. The molecule has 0 radical (unpaired) electrons. The van der Waals surface area contributed by atoms with Crippen molar-refractivity contribution in [3.8, 4) is 0 Å². The Labute approximate surface area is 123 Å². The van der Waals surface area contributed by atoms with Crippen LogP contribution in [0.3, 0.4) is 0 Å². The average Bonchev–Trinajstić information content (AvgIpc) is 2.44. The normalized spacial score (nSPS) is 10.9. The van der Waals surface area contributed by atoms with Crippen molar-refractivity contribution in [1.29, 1.82) is 0 Å². The van der Waals surface area contributed by atoms with Gasteiger partial charge in [0.05, 0.1) is 6.61 Å². The van der Waals surface area contributed by atoms with Crippen LogP contribution in [0.1, 0.15) is 19.2 Å². The van der Waals surface area contributed by atoms with Crippen LogP contribution in [0.25, 0.3) is 0 Å². The second-order valence-corrected chi connectivity index (χ2v) is 4.31. The number of alkyl halides is 2. The van der Waals surface area contributed by atoms with Crippen molar-refractivity contribution < 1.29 is 18.3 Å². The van der Waals surface area contributed by atoms with E-state index in [9.17, 15) is 8.78 Å². The molecule has 0 bridgehead atoms. The van der Waals surface area contributed by atoms with Crippen LogP contribution < -0.4 is 10.6 Å². The highest BCUT2D eigenvalue weighted by Crippen LogP contribution is 2.12. The molecule has 0 amide bonds. The SMILES string of the molecule is CCCNc1cc(NCCOCC(F)F)nc(COC)n1. The zero-order valence-electron chi connectivity index (χ0n) is 12.4. The molecule has 1 aromatic heterocycles. The van der Waals surface area contributed by atoms with Gasteiger partial charge in [-0.3, -0.25) is 0 Å². The smallest absolute Gasteiger partial charge is 0.261 e. The molecule has 0 aliphatic carbocycles. The predicted molar refractivity (Wildman–Crippen MR) is 76.8 cm³/mol. The van der Waals surface area contributed by atoms with E-state index < -0.39 is 13.0 Å². The van der Waals surface area contributed by atoms with Gasteiger partial charge in [0.2, 0.25) is 0 Å². The summed E-state index contributed by atoms with van der Waals surface area (Å²) in [6.45, 7) is 3.20. The van der Waals surface area contributed by atoms with Crippen LogP contribution >= 0.6 is 0 Å². The molecule has 0 aliphatic rings. The van der Waals surface area contributed by atoms with Gasteiger partial charge in [0.15, 0.2) is 5.82 Å². The van der Waals surface area contributed by atoms with Crippen molar-refractivity contribution in [2.45, 2.75) is 26.4 Å². The Morgan fingerprint density at radius 3 is 2.43 bits per heavy atom. The predicted octanol–water partition coefficient (Wildman–Crippen LogP) is 2.14. The van der Waals surface area contributed by atoms with E-state index in [4.69, 9.17) is 9.47 Å². The third-order valence-corrected chi connectivity index (χ3v) is 2.40. The quantitative estimate of drug-likeness (QED) is 0.611. The lowest BCUT2D eigenvalue weighted by Gasteiger charge is -2.11. The minimum absolute atomic E-state index is 0.186. The molecule has 0 spiro atoms. The maximum Gasteiger partial charge on any atom is 0.261 e. The van der Waals surface area contributed by atoms with Gasteiger partial charge >= 0.3 is 0 Å². The van der Waals surface area contributed by atoms with E-state index in [1.165, 1.54) is 0 Å². The molecule has 120 valence electrons. The zero-order valence-corrected chi connectivity index (χ0v) is 12.4. The summed E-state index contributed by atoms with van der Waals surface area (Å²) in [7, 11) is 1.57. The molecule has 1 rings (SSSR count). The summed E-state index contributed by atoms with van der Waals surface area (Å²) in [4.78, 5) is 8.58. The number of ether oxygens (including phenoxy) is 2. The van der Waals surface area contributed by atoms with Crippen molar-refractivity contribution in [3.63, 3.8) is 0 Å². The summed E-state index contributed by atoms with van der Waals surface area (Å²) >= 11 is 0. The summed E-state index contributed by atoms with van der Waals surface area (Å²) in [5.41, 5.74) is 0. The van der Waals surface area contributed by atoms with Crippen molar-refractivity contribution in [3.05, 3.63) is 11.9 Å². The van der Waals surface area contributed by atoms with Gasteiger partial charge in [-0.05, 0) is 6.42 Å². The third kappa shape index (κ3) is 7.72. The number of nitrogens with one attached hydrogen (secondary N) is 2. The number of rotatable bonds is 11. The highest BCUT2D eigenvalue weighted by Gasteiger charge is 2.05. The van der Waals surface area contributed by atoms with Crippen LogP contribution in [0.2, 0.25) is 0 Å². The van der Waals surface area contributed by atoms with Crippen LogP contribution in [-0.4, -0.2) is 49.8 Å². The van der Waals surface area contributed by atoms with Crippen LogP contribution in [0, 0.1) is 0 Å². The van der Waals surface area contributed by atoms with E-state index in [1.54, 1.807) is 13.2 Å². The van der Waals surface area contributed by atoms with Crippen molar-refractivity contribution in [2.75, 3.05) is 44.0 Å². The number of hydrogen-bond donors (Lipinski definition) is 2. The minimum Gasteiger partial charge on any atom is -0.377 e. The molecule has 0 atom stereocenters. The molecule has 0 unspecified atom stereocenters. The van der Waals surface area contributed by atoms with Crippen LogP contribution in [-0.2, 0) is 16.1 Å². The Hall–Kier alpha value is -1.54. The lowest BCUT2D eigenvalue weighted by Crippen LogP contribution is -2.15. The zero-order chi connectivity index (χ0) is 15.5. The van der Waals surface area contributed by atoms with Crippen molar-refractivity contribution in [2.24, 2.45) is 0 Å². The molecule has 0 fully saturated rings. The van der Waals surface area contributed by atoms with E-state index >= 15 is 0 Å². The van der Waals surface area contributed by atoms with Gasteiger partial charge in [0.1, 0.15) is 24.8 Å². The number of hydrogen-bond acceptors (Lipinski definition) is 6. The maximum absolute atomic E-state index is 11.9. The maximum atomic E-state index is 11.9. The Morgan fingerprint density at radius 2 is 1.86 bits per heavy atom. The summed E-state index contributed by atoms with van der Waals surface area (Å²) in [6.07, 6.45) is -1.46. The van der Waals surface area contributed by atoms with Crippen molar-refractivity contribution in [1.82, 2.24) is 9.97 Å². The van der Waals surface area contributed by atoms with Gasteiger partial charge in [-0.1, -0.05) is 6.92 Å². The van der Waals surface area contributed by atoms with Crippen LogP contribution in [0.5, 0.6) is 0 Å². The van der Waals surface area contributed by atoms with Gasteiger partial charge in [-0.2, -0.15) is 0 Å². The fraction of sp³-hybridized carbons (Fsp3) is 0.692. The standard InChI is InChI=1S/C13H22F2N4O2/c1-3-4-16-11-7-12(19-13(18-11)9-20-2)17-5-6-21-8-10(14)15/h7,10H,3-6,8-9H2,1-2H3,(H2,16,17,18,19). The van der Waals surface area contributed by atoms with Crippen LogP contribution in [0.15, 0.2) is 6.07 Å². The van der Waals surface area contributed by atoms with E-state index in [0.29, 0.717) is 30.6 Å².